The summed E-state index contributed by atoms with van der Waals surface area (Å²) in [4.78, 5) is 0.0622. The van der Waals surface area contributed by atoms with Crippen molar-refractivity contribution in [1.29, 1.82) is 0 Å². The molecule has 0 fully saturated rings. The van der Waals surface area contributed by atoms with Crippen LogP contribution < -0.4 is 5.19 Å². The Bertz CT molecular complexity index is 611. The van der Waals surface area contributed by atoms with Crippen LogP contribution in [0, 0.1) is 13.8 Å². The minimum absolute atomic E-state index is 0.0622. The molecule has 0 aliphatic rings. The minimum atomic E-state index is -4.22. The van der Waals surface area contributed by atoms with Crippen molar-refractivity contribution in [3.8, 4) is 0 Å². The highest BCUT2D eigenvalue weighted by atomic mass is 32.2. The summed E-state index contributed by atoms with van der Waals surface area (Å²) in [7, 11) is -5.07. The average molecular weight is 298 g/mol. The van der Waals surface area contributed by atoms with Crippen molar-refractivity contribution in [3.63, 3.8) is 0 Å². The van der Waals surface area contributed by atoms with Crippen LogP contribution in [0.2, 0.25) is 5.04 Å². The van der Waals surface area contributed by atoms with E-state index < -0.39 is 19.6 Å². The van der Waals surface area contributed by atoms with E-state index in [4.69, 9.17) is 0 Å². The van der Waals surface area contributed by atoms with E-state index >= 15 is 0 Å². The van der Waals surface area contributed by atoms with Crippen LogP contribution in [0.25, 0.3) is 6.08 Å². The fourth-order valence-corrected chi connectivity index (χ4v) is 5.83. The molecule has 0 atom stereocenters. The summed E-state index contributed by atoms with van der Waals surface area (Å²) in [6.07, 6.45) is 1.50. The Labute approximate surface area is 118 Å². The molecule has 0 amide bonds. The second-order valence-corrected chi connectivity index (χ2v) is 10.7. The number of aryl methyl sites for hydroxylation is 1. The molecule has 0 saturated carbocycles. The number of hydrogen-bond acceptors (Lipinski definition) is 2. The molecule has 1 aromatic rings. The zero-order chi connectivity index (χ0) is 15.0. The van der Waals surface area contributed by atoms with Crippen molar-refractivity contribution in [1.82, 2.24) is 0 Å². The van der Waals surface area contributed by atoms with Crippen molar-refractivity contribution in [2.45, 2.75) is 44.6 Å². The van der Waals surface area contributed by atoms with Crippen molar-refractivity contribution < 1.29 is 13.0 Å². The lowest BCUT2D eigenvalue weighted by Gasteiger charge is -2.23. The zero-order valence-corrected chi connectivity index (χ0v) is 14.5. The first kappa shape index (κ1) is 16.1. The summed E-state index contributed by atoms with van der Waals surface area (Å²) in [5, 5.41) is 0.890. The molecule has 0 aromatic heterocycles. The van der Waals surface area contributed by atoms with Crippen LogP contribution in [0.15, 0.2) is 17.5 Å². The summed E-state index contributed by atoms with van der Waals surface area (Å²) in [6.45, 7) is 13.8. The van der Waals surface area contributed by atoms with Crippen molar-refractivity contribution >= 4 is 30.9 Å². The molecule has 0 unspecified atom stereocenters. The smallest absolute Gasteiger partial charge is 0.282 e. The van der Waals surface area contributed by atoms with E-state index in [0.29, 0.717) is 5.56 Å². The summed E-state index contributed by atoms with van der Waals surface area (Å²) >= 11 is 0. The Morgan fingerprint density at radius 3 is 2.21 bits per heavy atom. The fraction of sp³-hybridized carbons (Fsp3) is 0.429. The molecule has 106 valence electrons. The Balaban J connectivity index is 3.75. The summed E-state index contributed by atoms with van der Waals surface area (Å²) in [5.74, 6) is 0. The molecule has 0 heterocycles. The van der Waals surface area contributed by atoms with E-state index in [1.54, 1.807) is 6.07 Å². The van der Waals surface area contributed by atoms with Gasteiger partial charge in [-0.25, -0.2) is 0 Å². The van der Waals surface area contributed by atoms with Gasteiger partial charge >= 0.3 is 0 Å². The summed E-state index contributed by atoms with van der Waals surface area (Å²) < 4.78 is 33.0. The minimum Gasteiger partial charge on any atom is -0.282 e. The highest BCUT2D eigenvalue weighted by Gasteiger charge is 2.25. The highest BCUT2D eigenvalue weighted by Crippen LogP contribution is 2.25. The third-order valence-electron chi connectivity index (χ3n) is 3.14. The van der Waals surface area contributed by atoms with Gasteiger partial charge in [-0.05, 0) is 40.8 Å². The number of hydrogen-bond donors (Lipinski definition) is 1. The maximum atomic E-state index is 11.7. The van der Waals surface area contributed by atoms with Gasteiger partial charge in [0.05, 0.1) is 14.4 Å². The van der Waals surface area contributed by atoms with Gasteiger partial charge < -0.3 is 0 Å². The second kappa shape index (κ2) is 5.23. The van der Waals surface area contributed by atoms with Crippen molar-refractivity contribution in [3.05, 3.63) is 29.3 Å². The highest BCUT2D eigenvalue weighted by molar-refractivity contribution is 7.86. The second-order valence-electron chi connectivity index (χ2n) is 6.13. The quantitative estimate of drug-likeness (QED) is 0.687. The SMILES string of the molecule is C=Cc1cc(C)c(C)c([SiH2]C(C)(C)C)c1S(=O)(=O)O. The molecule has 0 aliphatic heterocycles. The Hall–Kier alpha value is -0.913. The van der Waals surface area contributed by atoms with Gasteiger partial charge in [-0.3, -0.25) is 4.55 Å². The third kappa shape index (κ3) is 3.78. The van der Waals surface area contributed by atoms with E-state index in [0.717, 1.165) is 16.3 Å². The molecule has 1 rings (SSSR count). The Morgan fingerprint density at radius 2 is 1.84 bits per heavy atom. The summed E-state index contributed by atoms with van der Waals surface area (Å²) in [5.41, 5.74) is 2.51. The predicted molar refractivity (Wildman–Crippen MR) is 83.7 cm³/mol. The standard InChI is InChI=1S/C14H22O3SSi/c1-7-11-8-9(2)10(3)13(19-14(4,5)6)12(11)18(15,16)17/h7-8H,1,19H2,2-6H3,(H,15,16,17). The third-order valence-corrected chi connectivity index (χ3v) is 6.69. The molecule has 19 heavy (non-hydrogen) atoms. The summed E-state index contributed by atoms with van der Waals surface area (Å²) in [6, 6.07) is 1.77. The van der Waals surface area contributed by atoms with E-state index in [-0.39, 0.29) is 9.93 Å². The predicted octanol–water partition coefficient (Wildman–Crippen LogP) is 2.21. The van der Waals surface area contributed by atoms with Crippen LogP contribution in [0.3, 0.4) is 0 Å². The van der Waals surface area contributed by atoms with Gasteiger partial charge in [0.15, 0.2) is 0 Å². The van der Waals surface area contributed by atoms with Gasteiger partial charge in [0.2, 0.25) is 0 Å². The van der Waals surface area contributed by atoms with E-state index in [2.05, 4.69) is 27.4 Å². The first-order valence-electron chi connectivity index (χ1n) is 6.20. The molecular weight excluding hydrogens is 276 g/mol. The van der Waals surface area contributed by atoms with Gasteiger partial charge in [0.1, 0.15) is 0 Å². The average Bonchev–Trinajstić information content (AvgIpc) is 2.20. The fourth-order valence-electron chi connectivity index (χ4n) is 2.19. The first-order chi connectivity index (χ1) is 8.47. The van der Waals surface area contributed by atoms with Gasteiger partial charge in [0.25, 0.3) is 10.1 Å². The zero-order valence-electron chi connectivity index (χ0n) is 12.2. The van der Waals surface area contributed by atoms with E-state index in [1.807, 2.05) is 13.8 Å². The maximum absolute atomic E-state index is 11.7. The van der Waals surface area contributed by atoms with Crippen LogP contribution >= 0.6 is 0 Å². The molecule has 0 spiro atoms. The van der Waals surface area contributed by atoms with Gasteiger partial charge in [-0.1, -0.05) is 39.5 Å². The van der Waals surface area contributed by atoms with Gasteiger partial charge in [-0.15, -0.1) is 0 Å². The molecule has 0 saturated heterocycles. The largest absolute Gasteiger partial charge is 0.294 e. The van der Waals surface area contributed by atoms with Crippen LogP contribution in [0.5, 0.6) is 0 Å². The lowest BCUT2D eigenvalue weighted by molar-refractivity contribution is 0.483. The van der Waals surface area contributed by atoms with Crippen molar-refractivity contribution in [2.75, 3.05) is 0 Å². The van der Waals surface area contributed by atoms with Gasteiger partial charge in [0, 0.05) is 0 Å². The normalized spacial score (nSPS) is 13.2. The molecule has 0 aliphatic carbocycles. The molecule has 3 nitrogen and oxygen atoms in total. The molecular formula is C14H22O3SSi. The van der Waals surface area contributed by atoms with Crippen molar-refractivity contribution in [2.24, 2.45) is 0 Å². The maximum Gasteiger partial charge on any atom is 0.294 e. The topological polar surface area (TPSA) is 54.4 Å². The lowest BCUT2D eigenvalue weighted by Crippen LogP contribution is -2.32. The van der Waals surface area contributed by atoms with Crippen LogP contribution in [-0.2, 0) is 10.1 Å². The van der Waals surface area contributed by atoms with Crippen LogP contribution in [-0.4, -0.2) is 22.5 Å². The van der Waals surface area contributed by atoms with E-state index in [9.17, 15) is 13.0 Å². The Kier molecular flexibility index (Phi) is 4.44. The first-order valence-corrected chi connectivity index (χ1v) is 9.06. The molecule has 1 N–H and O–H groups in total. The number of benzene rings is 1. The van der Waals surface area contributed by atoms with E-state index in [1.165, 1.54) is 6.08 Å². The van der Waals surface area contributed by atoms with Crippen LogP contribution in [0.4, 0.5) is 0 Å². The molecule has 0 radical (unpaired) electrons. The Morgan fingerprint density at radius 1 is 1.32 bits per heavy atom. The molecule has 1 aromatic carbocycles. The monoisotopic (exact) mass is 298 g/mol. The van der Waals surface area contributed by atoms with Gasteiger partial charge in [-0.2, -0.15) is 8.42 Å². The van der Waals surface area contributed by atoms with Crippen LogP contribution in [0.1, 0.15) is 37.5 Å². The lowest BCUT2D eigenvalue weighted by atomic mass is 10.1. The number of rotatable bonds is 3. The molecule has 5 heteroatoms. The molecule has 0 bridgehead atoms.